The van der Waals surface area contributed by atoms with E-state index in [1.807, 2.05) is 13.0 Å². The van der Waals surface area contributed by atoms with Crippen LogP contribution in [0.1, 0.15) is 24.8 Å². The molecule has 0 aromatic carbocycles. The Kier molecular flexibility index (Phi) is 2.00. The van der Waals surface area contributed by atoms with Crippen molar-refractivity contribution < 1.29 is 4.42 Å². The number of hydrogen-bond donors (Lipinski definition) is 0. The Bertz CT molecular complexity index is 420. The van der Waals surface area contributed by atoms with E-state index in [-0.39, 0.29) is 0 Å². The molecule has 0 radical (unpaired) electrons. The zero-order valence-electron chi connectivity index (χ0n) is 7.87. The summed E-state index contributed by atoms with van der Waals surface area (Å²) < 4.78 is 5.44. The van der Waals surface area contributed by atoms with E-state index in [1.54, 1.807) is 6.20 Å². The molecule has 3 heteroatoms. The third-order valence-corrected chi connectivity index (χ3v) is 1.89. The zero-order valence-corrected chi connectivity index (χ0v) is 7.87. The lowest BCUT2D eigenvalue weighted by Gasteiger charge is -1.86. The van der Waals surface area contributed by atoms with Gasteiger partial charge in [0.1, 0.15) is 5.52 Å². The van der Waals surface area contributed by atoms with E-state index in [4.69, 9.17) is 4.42 Å². The summed E-state index contributed by atoms with van der Waals surface area (Å²) in [4.78, 5) is 8.49. The summed E-state index contributed by atoms with van der Waals surface area (Å²) >= 11 is 0. The lowest BCUT2D eigenvalue weighted by atomic mass is 10.3. The summed E-state index contributed by atoms with van der Waals surface area (Å²) in [6, 6.07) is 1.99. The topological polar surface area (TPSA) is 38.9 Å². The minimum absolute atomic E-state index is 0.647. The van der Waals surface area contributed by atoms with Crippen LogP contribution in [-0.2, 0) is 6.42 Å². The third kappa shape index (κ3) is 1.54. The lowest BCUT2D eigenvalue weighted by Crippen LogP contribution is -1.80. The van der Waals surface area contributed by atoms with Gasteiger partial charge in [-0.15, -0.1) is 0 Å². The Morgan fingerprint density at radius 1 is 1.46 bits per heavy atom. The Balaban J connectivity index is 2.49. The lowest BCUT2D eigenvalue weighted by molar-refractivity contribution is 0.517. The van der Waals surface area contributed by atoms with Crippen molar-refractivity contribution in [1.29, 1.82) is 0 Å². The highest BCUT2D eigenvalue weighted by Crippen LogP contribution is 2.14. The third-order valence-electron chi connectivity index (χ3n) is 1.89. The Morgan fingerprint density at radius 3 is 3.08 bits per heavy atom. The fourth-order valence-electron chi connectivity index (χ4n) is 1.29. The molecule has 2 aromatic heterocycles. The molecule has 2 aromatic rings. The second-order valence-electron chi connectivity index (χ2n) is 3.19. The van der Waals surface area contributed by atoms with Gasteiger partial charge >= 0.3 is 0 Å². The zero-order chi connectivity index (χ0) is 9.26. The van der Waals surface area contributed by atoms with Gasteiger partial charge in [-0.2, -0.15) is 0 Å². The molecule has 0 saturated heterocycles. The number of nitrogens with zero attached hydrogens (tertiary/aromatic N) is 2. The molecule has 0 N–H and O–H groups in total. The highest BCUT2D eigenvalue weighted by atomic mass is 16.4. The minimum atomic E-state index is 0.647. The van der Waals surface area contributed by atoms with Gasteiger partial charge < -0.3 is 4.42 Å². The predicted molar refractivity (Wildman–Crippen MR) is 50.5 cm³/mol. The van der Waals surface area contributed by atoms with Crippen molar-refractivity contribution in [1.82, 2.24) is 9.97 Å². The van der Waals surface area contributed by atoms with Gasteiger partial charge in [-0.05, 0) is 25.0 Å². The standard InChI is InChI=1S/C10H12N2O/c1-3-4-9-12-8-5-7(2)6-11-10(8)13-9/h5-6H,3-4H2,1-2H3. The Labute approximate surface area is 76.8 Å². The fourth-order valence-corrected chi connectivity index (χ4v) is 1.29. The summed E-state index contributed by atoms with van der Waals surface area (Å²) in [5.41, 5.74) is 2.63. The Hall–Kier alpha value is -1.38. The summed E-state index contributed by atoms with van der Waals surface area (Å²) in [6.45, 7) is 4.11. The van der Waals surface area contributed by atoms with Crippen LogP contribution in [0, 0.1) is 6.92 Å². The maximum Gasteiger partial charge on any atom is 0.246 e. The molecule has 0 saturated carbocycles. The number of fused-ring (bicyclic) bond motifs is 1. The number of pyridine rings is 1. The first-order valence-electron chi connectivity index (χ1n) is 4.51. The average molecular weight is 176 g/mol. The van der Waals surface area contributed by atoms with E-state index in [9.17, 15) is 0 Å². The SMILES string of the molecule is CCCc1nc2cc(C)cnc2o1. The first-order valence-corrected chi connectivity index (χ1v) is 4.51. The van der Waals surface area contributed by atoms with Gasteiger partial charge in [-0.1, -0.05) is 6.92 Å². The second-order valence-corrected chi connectivity index (χ2v) is 3.19. The van der Waals surface area contributed by atoms with Crippen molar-refractivity contribution in [2.24, 2.45) is 0 Å². The molecule has 13 heavy (non-hydrogen) atoms. The molecule has 0 bridgehead atoms. The van der Waals surface area contributed by atoms with Crippen LogP contribution < -0.4 is 0 Å². The van der Waals surface area contributed by atoms with Gasteiger partial charge in [0.15, 0.2) is 5.89 Å². The summed E-state index contributed by atoms with van der Waals surface area (Å²) in [6.07, 6.45) is 3.73. The van der Waals surface area contributed by atoms with Crippen LogP contribution in [0.15, 0.2) is 16.7 Å². The van der Waals surface area contributed by atoms with Crippen LogP contribution >= 0.6 is 0 Å². The van der Waals surface area contributed by atoms with E-state index in [0.717, 1.165) is 29.8 Å². The highest BCUT2D eigenvalue weighted by Gasteiger charge is 2.05. The number of oxazole rings is 1. The van der Waals surface area contributed by atoms with Crippen molar-refractivity contribution in [3.05, 3.63) is 23.7 Å². The quantitative estimate of drug-likeness (QED) is 0.705. The number of aromatic nitrogens is 2. The molecule has 0 spiro atoms. The van der Waals surface area contributed by atoms with Crippen LogP contribution in [0.4, 0.5) is 0 Å². The summed E-state index contributed by atoms with van der Waals surface area (Å²) in [5.74, 6) is 0.788. The molecule has 3 nitrogen and oxygen atoms in total. The van der Waals surface area contributed by atoms with E-state index in [2.05, 4.69) is 16.9 Å². The van der Waals surface area contributed by atoms with Gasteiger partial charge in [-0.25, -0.2) is 9.97 Å². The molecule has 0 fully saturated rings. The smallest absolute Gasteiger partial charge is 0.246 e. The highest BCUT2D eigenvalue weighted by molar-refractivity contribution is 5.68. The van der Waals surface area contributed by atoms with Crippen LogP contribution in [-0.4, -0.2) is 9.97 Å². The van der Waals surface area contributed by atoms with E-state index in [0.29, 0.717) is 5.71 Å². The molecule has 2 heterocycles. The minimum Gasteiger partial charge on any atom is -0.422 e. The summed E-state index contributed by atoms with van der Waals surface area (Å²) in [5, 5.41) is 0. The van der Waals surface area contributed by atoms with Gasteiger partial charge in [0.25, 0.3) is 0 Å². The molecule has 0 atom stereocenters. The van der Waals surface area contributed by atoms with Crippen LogP contribution in [0.2, 0.25) is 0 Å². The maximum atomic E-state index is 5.44. The first kappa shape index (κ1) is 8.23. The van der Waals surface area contributed by atoms with Gasteiger partial charge in [0, 0.05) is 12.6 Å². The largest absolute Gasteiger partial charge is 0.422 e. The van der Waals surface area contributed by atoms with E-state index in [1.165, 1.54) is 0 Å². The van der Waals surface area contributed by atoms with E-state index >= 15 is 0 Å². The van der Waals surface area contributed by atoms with Crippen LogP contribution in [0.3, 0.4) is 0 Å². The second kappa shape index (κ2) is 3.17. The van der Waals surface area contributed by atoms with Gasteiger partial charge in [0.2, 0.25) is 5.71 Å². The molecule has 0 unspecified atom stereocenters. The molecule has 0 amide bonds. The maximum absolute atomic E-state index is 5.44. The molecule has 0 aliphatic heterocycles. The number of rotatable bonds is 2. The average Bonchev–Trinajstić information content (AvgIpc) is 2.46. The molecular formula is C10H12N2O. The van der Waals surface area contributed by atoms with Crippen molar-refractivity contribution in [2.45, 2.75) is 26.7 Å². The van der Waals surface area contributed by atoms with Crippen molar-refractivity contribution in [3.63, 3.8) is 0 Å². The number of aryl methyl sites for hydroxylation is 2. The van der Waals surface area contributed by atoms with Gasteiger partial charge in [0.05, 0.1) is 0 Å². The first-order chi connectivity index (χ1) is 6.29. The normalized spacial score (nSPS) is 10.9. The monoisotopic (exact) mass is 176 g/mol. The molecule has 2 rings (SSSR count). The molecule has 0 aliphatic rings. The number of hydrogen-bond acceptors (Lipinski definition) is 3. The van der Waals surface area contributed by atoms with E-state index < -0.39 is 0 Å². The molecule has 0 aliphatic carbocycles. The Morgan fingerprint density at radius 2 is 2.31 bits per heavy atom. The predicted octanol–water partition coefficient (Wildman–Crippen LogP) is 2.48. The van der Waals surface area contributed by atoms with Gasteiger partial charge in [-0.3, -0.25) is 0 Å². The van der Waals surface area contributed by atoms with Crippen LogP contribution in [0.5, 0.6) is 0 Å². The summed E-state index contributed by atoms with van der Waals surface area (Å²) in [7, 11) is 0. The van der Waals surface area contributed by atoms with Crippen LogP contribution in [0.25, 0.3) is 11.2 Å². The van der Waals surface area contributed by atoms with Crippen molar-refractivity contribution >= 4 is 11.2 Å². The molecular weight excluding hydrogens is 164 g/mol. The fraction of sp³-hybridized carbons (Fsp3) is 0.400. The van der Waals surface area contributed by atoms with Crippen molar-refractivity contribution in [2.75, 3.05) is 0 Å². The molecule has 68 valence electrons. The van der Waals surface area contributed by atoms with Crippen molar-refractivity contribution in [3.8, 4) is 0 Å².